The van der Waals surface area contributed by atoms with E-state index in [2.05, 4.69) is 15.0 Å². The van der Waals surface area contributed by atoms with E-state index in [0.29, 0.717) is 23.2 Å². The predicted molar refractivity (Wildman–Crippen MR) is 103 cm³/mol. The number of pyridine rings is 1. The third-order valence-corrected chi connectivity index (χ3v) is 4.30. The summed E-state index contributed by atoms with van der Waals surface area (Å²) in [6, 6.07) is 17.8. The Hall–Kier alpha value is -3.54. The first kappa shape index (κ1) is 19.2. The fourth-order valence-corrected chi connectivity index (χ4v) is 2.82. The molecule has 0 saturated carbocycles. The number of hydrogen-bond donors (Lipinski definition) is 1. The number of hydrogen-bond acceptors (Lipinski definition) is 4. The molecule has 28 heavy (non-hydrogen) atoms. The van der Waals surface area contributed by atoms with Crippen LogP contribution in [0, 0.1) is 5.82 Å². The van der Waals surface area contributed by atoms with Crippen LogP contribution in [0.4, 0.5) is 10.1 Å². The smallest absolute Gasteiger partial charge is 0.337 e. The fourth-order valence-electron chi connectivity index (χ4n) is 2.82. The maximum atomic E-state index is 13.3. The van der Waals surface area contributed by atoms with Crippen LogP contribution in [0.2, 0.25) is 0 Å². The van der Waals surface area contributed by atoms with E-state index in [9.17, 15) is 14.0 Å². The van der Waals surface area contributed by atoms with Crippen LogP contribution < -0.4 is 5.32 Å². The number of methoxy groups -OCH3 is 1. The highest BCUT2D eigenvalue weighted by Crippen LogP contribution is 2.23. The van der Waals surface area contributed by atoms with Crippen LogP contribution >= 0.6 is 0 Å². The summed E-state index contributed by atoms with van der Waals surface area (Å²) in [5.74, 6) is -1.60. The quantitative estimate of drug-likeness (QED) is 0.659. The molecule has 1 aromatic heterocycles. The highest BCUT2D eigenvalue weighted by atomic mass is 19.1. The number of esters is 1. The highest BCUT2D eigenvalue weighted by molar-refractivity contribution is 5.96. The van der Waals surface area contributed by atoms with Gasteiger partial charge in [0.2, 0.25) is 5.91 Å². The summed E-state index contributed by atoms with van der Waals surface area (Å²) in [5.41, 5.74) is 2.39. The van der Waals surface area contributed by atoms with E-state index in [1.54, 1.807) is 48.7 Å². The molecule has 1 heterocycles. The van der Waals surface area contributed by atoms with Crippen LogP contribution in [0.5, 0.6) is 0 Å². The number of rotatable bonds is 6. The average molecular weight is 378 g/mol. The number of aromatic nitrogens is 1. The summed E-state index contributed by atoms with van der Waals surface area (Å²) in [7, 11) is 1.31. The zero-order valence-electron chi connectivity index (χ0n) is 15.3. The van der Waals surface area contributed by atoms with Crippen molar-refractivity contribution < 1.29 is 18.7 Å². The molecule has 0 spiro atoms. The number of ether oxygens (including phenoxy) is 1. The Morgan fingerprint density at radius 1 is 1.04 bits per heavy atom. The third-order valence-electron chi connectivity index (χ3n) is 4.30. The molecule has 0 bridgehead atoms. The minimum atomic E-state index is -0.546. The van der Waals surface area contributed by atoms with Gasteiger partial charge in [0.1, 0.15) is 5.82 Å². The lowest BCUT2D eigenvalue weighted by molar-refractivity contribution is -0.117. The number of halogens is 1. The van der Waals surface area contributed by atoms with E-state index in [1.165, 1.54) is 19.2 Å². The summed E-state index contributed by atoms with van der Waals surface area (Å²) in [5, 5.41) is 2.85. The minimum absolute atomic E-state index is 0.247. The van der Waals surface area contributed by atoms with Gasteiger partial charge >= 0.3 is 5.97 Å². The second kappa shape index (κ2) is 8.90. The Balaban J connectivity index is 1.81. The molecular weight excluding hydrogens is 359 g/mol. The molecule has 0 radical (unpaired) electrons. The summed E-state index contributed by atoms with van der Waals surface area (Å²) < 4.78 is 18.0. The molecular formula is C22H19FN2O3. The van der Waals surface area contributed by atoms with Gasteiger partial charge in [-0.15, -0.1) is 0 Å². The topological polar surface area (TPSA) is 68.3 Å². The van der Waals surface area contributed by atoms with Crippen molar-refractivity contribution in [3.8, 4) is 0 Å². The SMILES string of the molecule is COC(=O)c1ccc(NC(=O)C(Cc2ccccn2)c2ccc(F)cc2)cc1. The number of nitrogens with zero attached hydrogens (tertiary/aromatic N) is 1. The Morgan fingerprint density at radius 3 is 2.36 bits per heavy atom. The Kier molecular flexibility index (Phi) is 6.11. The van der Waals surface area contributed by atoms with Gasteiger partial charge in [0, 0.05) is 24.0 Å². The van der Waals surface area contributed by atoms with Crippen molar-refractivity contribution in [3.63, 3.8) is 0 Å². The molecule has 6 heteroatoms. The number of carbonyl (C=O) groups is 2. The van der Waals surface area contributed by atoms with Gasteiger partial charge in [0.05, 0.1) is 18.6 Å². The molecule has 142 valence electrons. The molecule has 2 aromatic carbocycles. The first-order valence-corrected chi connectivity index (χ1v) is 8.71. The molecule has 1 unspecified atom stereocenters. The standard InChI is InChI=1S/C22H19FN2O3/c1-28-22(27)16-7-11-18(12-8-16)25-21(26)20(14-19-4-2-3-13-24-19)15-5-9-17(23)10-6-15/h2-13,20H,14H2,1H3,(H,25,26). The number of carbonyl (C=O) groups excluding carboxylic acids is 2. The monoisotopic (exact) mass is 378 g/mol. The van der Waals surface area contributed by atoms with Gasteiger partial charge in [-0.25, -0.2) is 9.18 Å². The van der Waals surface area contributed by atoms with Crippen molar-refractivity contribution >= 4 is 17.6 Å². The second-order valence-corrected chi connectivity index (χ2v) is 6.19. The Labute approximate surface area is 162 Å². The zero-order chi connectivity index (χ0) is 19.9. The molecule has 1 atom stereocenters. The molecule has 5 nitrogen and oxygen atoms in total. The molecule has 0 aliphatic heterocycles. The summed E-state index contributed by atoms with van der Waals surface area (Å²) in [6.07, 6.45) is 2.04. The molecule has 0 aliphatic carbocycles. The van der Waals surface area contributed by atoms with Crippen molar-refractivity contribution in [2.75, 3.05) is 12.4 Å². The van der Waals surface area contributed by atoms with Gasteiger partial charge in [0.15, 0.2) is 0 Å². The van der Waals surface area contributed by atoms with Gasteiger partial charge in [-0.1, -0.05) is 18.2 Å². The lowest BCUT2D eigenvalue weighted by Crippen LogP contribution is -2.23. The largest absolute Gasteiger partial charge is 0.465 e. The first-order chi connectivity index (χ1) is 13.6. The van der Waals surface area contributed by atoms with Crippen LogP contribution in [0.15, 0.2) is 72.9 Å². The third kappa shape index (κ3) is 4.79. The molecule has 1 amide bonds. The first-order valence-electron chi connectivity index (χ1n) is 8.71. The van der Waals surface area contributed by atoms with E-state index >= 15 is 0 Å². The number of benzene rings is 2. The molecule has 0 aliphatic rings. The maximum absolute atomic E-state index is 13.3. The van der Waals surface area contributed by atoms with Crippen molar-refractivity contribution in [1.82, 2.24) is 4.98 Å². The van der Waals surface area contributed by atoms with Crippen LogP contribution in [0.1, 0.15) is 27.5 Å². The summed E-state index contributed by atoms with van der Waals surface area (Å²) in [6.45, 7) is 0. The average Bonchev–Trinajstić information content (AvgIpc) is 2.73. The van der Waals surface area contributed by atoms with Crippen molar-refractivity contribution in [2.24, 2.45) is 0 Å². The number of nitrogens with one attached hydrogen (secondary N) is 1. The van der Waals surface area contributed by atoms with E-state index in [1.807, 2.05) is 12.1 Å². The lowest BCUT2D eigenvalue weighted by atomic mass is 9.93. The highest BCUT2D eigenvalue weighted by Gasteiger charge is 2.22. The Morgan fingerprint density at radius 2 is 1.75 bits per heavy atom. The van der Waals surface area contributed by atoms with Gasteiger partial charge in [0.25, 0.3) is 0 Å². The maximum Gasteiger partial charge on any atom is 0.337 e. The van der Waals surface area contributed by atoms with Gasteiger partial charge in [-0.05, 0) is 54.1 Å². The fraction of sp³-hybridized carbons (Fsp3) is 0.136. The van der Waals surface area contributed by atoms with Crippen LogP contribution in [0.3, 0.4) is 0 Å². The Bertz CT molecular complexity index is 942. The predicted octanol–water partition coefficient (Wildman–Crippen LogP) is 3.97. The van der Waals surface area contributed by atoms with Crippen molar-refractivity contribution in [3.05, 3.63) is 95.6 Å². The number of amides is 1. The van der Waals surface area contributed by atoms with Crippen LogP contribution in [-0.4, -0.2) is 24.0 Å². The van der Waals surface area contributed by atoms with Crippen molar-refractivity contribution in [1.29, 1.82) is 0 Å². The zero-order valence-corrected chi connectivity index (χ0v) is 15.3. The second-order valence-electron chi connectivity index (χ2n) is 6.19. The minimum Gasteiger partial charge on any atom is -0.465 e. The van der Waals surface area contributed by atoms with E-state index < -0.39 is 11.9 Å². The molecule has 3 rings (SSSR count). The van der Waals surface area contributed by atoms with Crippen LogP contribution in [0.25, 0.3) is 0 Å². The van der Waals surface area contributed by atoms with E-state index in [-0.39, 0.29) is 11.7 Å². The van der Waals surface area contributed by atoms with Gasteiger partial charge in [-0.3, -0.25) is 9.78 Å². The normalized spacial score (nSPS) is 11.5. The summed E-state index contributed by atoms with van der Waals surface area (Å²) in [4.78, 5) is 28.8. The van der Waals surface area contributed by atoms with Crippen molar-refractivity contribution in [2.45, 2.75) is 12.3 Å². The van der Waals surface area contributed by atoms with Gasteiger partial charge < -0.3 is 10.1 Å². The molecule has 1 N–H and O–H groups in total. The number of anilines is 1. The summed E-state index contributed by atoms with van der Waals surface area (Å²) >= 11 is 0. The molecule has 0 fully saturated rings. The van der Waals surface area contributed by atoms with Gasteiger partial charge in [-0.2, -0.15) is 0 Å². The molecule has 3 aromatic rings. The van der Waals surface area contributed by atoms with E-state index in [4.69, 9.17) is 0 Å². The van der Waals surface area contributed by atoms with E-state index in [0.717, 1.165) is 5.69 Å². The lowest BCUT2D eigenvalue weighted by Gasteiger charge is -2.17. The van der Waals surface area contributed by atoms with Crippen LogP contribution in [-0.2, 0) is 16.0 Å². The molecule has 0 saturated heterocycles.